The van der Waals surface area contributed by atoms with Crippen molar-refractivity contribution in [1.29, 1.82) is 0 Å². The van der Waals surface area contributed by atoms with Gasteiger partial charge in [-0.1, -0.05) is 0 Å². The van der Waals surface area contributed by atoms with E-state index in [4.69, 9.17) is 9.47 Å². The first-order chi connectivity index (χ1) is 17.6. The topological polar surface area (TPSA) is 50.8 Å². The Labute approximate surface area is 215 Å². The van der Waals surface area contributed by atoms with Gasteiger partial charge in [-0.15, -0.1) is 0 Å². The molecule has 0 radical (unpaired) electrons. The van der Waals surface area contributed by atoms with E-state index in [1.54, 1.807) is 7.11 Å². The van der Waals surface area contributed by atoms with E-state index in [0.717, 1.165) is 62.5 Å². The third-order valence-corrected chi connectivity index (χ3v) is 8.21. The Morgan fingerprint density at radius 1 is 1.08 bits per heavy atom. The van der Waals surface area contributed by atoms with Gasteiger partial charge >= 0.3 is 0 Å². The SMILES string of the molecule is COc1ccc(C(=O)NC2CCC(CCN3CCC(C4=CCOc5cc(F)ccc54)CC3)CC2)cc1.[HH]. The number of rotatable bonds is 7. The highest BCUT2D eigenvalue weighted by molar-refractivity contribution is 5.94. The monoisotopic (exact) mass is 494 g/mol. The van der Waals surface area contributed by atoms with Gasteiger partial charge in [-0.2, -0.15) is 0 Å². The number of hydrogen-bond acceptors (Lipinski definition) is 4. The summed E-state index contributed by atoms with van der Waals surface area (Å²) in [5.41, 5.74) is 3.09. The van der Waals surface area contributed by atoms with Gasteiger partial charge in [0, 0.05) is 24.7 Å². The molecule has 194 valence electrons. The predicted molar refractivity (Wildman–Crippen MR) is 142 cm³/mol. The molecule has 2 heterocycles. The number of piperidine rings is 1. The average Bonchev–Trinajstić information content (AvgIpc) is 2.92. The zero-order valence-electron chi connectivity index (χ0n) is 21.2. The molecule has 1 amide bonds. The van der Waals surface area contributed by atoms with Crippen molar-refractivity contribution < 1.29 is 20.1 Å². The first kappa shape index (κ1) is 24.8. The Morgan fingerprint density at radius 3 is 2.56 bits per heavy atom. The summed E-state index contributed by atoms with van der Waals surface area (Å²) in [6.07, 6.45) is 10.2. The van der Waals surface area contributed by atoms with Gasteiger partial charge in [0.15, 0.2) is 0 Å². The van der Waals surface area contributed by atoms with Gasteiger partial charge < -0.3 is 19.7 Å². The number of methoxy groups -OCH3 is 1. The fraction of sp³-hybridized carbons (Fsp3) is 0.500. The summed E-state index contributed by atoms with van der Waals surface area (Å²) in [7, 11) is 1.63. The molecular formula is C30H39FN2O3. The molecule has 5 rings (SSSR count). The van der Waals surface area contributed by atoms with E-state index in [1.165, 1.54) is 37.0 Å². The number of ether oxygens (including phenoxy) is 2. The fourth-order valence-electron chi connectivity index (χ4n) is 6.01. The smallest absolute Gasteiger partial charge is 0.251 e. The number of amides is 1. The number of hydrogen-bond donors (Lipinski definition) is 1. The van der Waals surface area contributed by atoms with Crippen LogP contribution in [0.2, 0.25) is 0 Å². The molecule has 3 aliphatic rings. The lowest BCUT2D eigenvalue weighted by molar-refractivity contribution is 0.0919. The number of allylic oxidation sites excluding steroid dienone is 1. The lowest BCUT2D eigenvalue weighted by Gasteiger charge is -2.36. The molecular weight excluding hydrogens is 455 g/mol. The van der Waals surface area contributed by atoms with Crippen LogP contribution in [0.25, 0.3) is 5.57 Å². The van der Waals surface area contributed by atoms with Crippen molar-refractivity contribution in [3.63, 3.8) is 0 Å². The molecule has 0 unspecified atom stereocenters. The van der Waals surface area contributed by atoms with E-state index in [2.05, 4.69) is 16.3 Å². The molecule has 1 N–H and O–H groups in total. The van der Waals surface area contributed by atoms with Crippen LogP contribution in [0.1, 0.15) is 62.3 Å². The lowest BCUT2D eigenvalue weighted by Crippen LogP contribution is -2.39. The summed E-state index contributed by atoms with van der Waals surface area (Å²) in [5, 5.41) is 3.22. The molecule has 36 heavy (non-hydrogen) atoms. The van der Waals surface area contributed by atoms with E-state index in [1.807, 2.05) is 30.3 Å². The molecule has 2 aliphatic heterocycles. The number of nitrogens with zero attached hydrogens (tertiary/aromatic N) is 1. The number of carbonyl (C=O) groups is 1. The van der Waals surface area contributed by atoms with Crippen molar-refractivity contribution in [3.05, 3.63) is 65.5 Å². The van der Waals surface area contributed by atoms with Crippen LogP contribution in [0.3, 0.4) is 0 Å². The minimum absolute atomic E-state index is 0. The van der Waals surface area contributed by atoms with E-state index in [9.17, 15) is 9.18 Å². The molecule has 0 bridgehead atoms. The molecule has 6 heteroatoms. The molecule has 1 saturated heterocycles. The third-order valence-electron chi connectivity index (χ3n) is 8.21. The Bertz CT molecular complexity index is 1070. The Hall–Kier alpha value is -2.86. The van der Waals surface area contributed by atoms with Gasteiger partial charge in [-0.05, 0) is 124 Å². The Kier molecular flexibility index (Phi) is 7.90. The fourth-order valence-corrected chi connectivity index (χ4v) is 6.01. The van der Waals surface area contributed by atoms with E-state index in [0.29, 0.717) is 23.8 Å². The molecule has 1 saturated carbocycles. The highest BCUT2D eigenvalue weighted by atomic mass is 19.1. The third kappa shape index (κ3) is 5.92. The number of carbonyl (C=O) groups excluding carboxylic acids is 1. The van der Waals surface area contributed by atoms with Gasteiger partial charge in [0.05, 0.1) is 7.11 Å². The summed E-state index contributed by atoms with van der Waals surface area (Å²) < 4.78 is 24.4. The van der Waals surface area contributed by atoms with Crippen molar-refractivity contribution in [2.75, 3.05) is 33.4 Å². The van der Waals surface area contributed by atoms with Crippen molar-refractivity contribution in [1.82, 2.24) is 10.2 Å². The molecule has 1 aliphatic carbocycles. The van der Waals surface area contributed by atoms with Crippen LogP contribution in [0.4, 0.5) is 4.39 Å². The number of benzene rings is 2. The maximum atomic E-state index is 13.6. The van der Waals surface area contributed by atoms with Crippen molar-refractivity contribution in [2.45, 2.75) is 51.0 Å². The van der Waals surface area contributed by atoms with E-state index < -0.39 is 0 Å². The van der Waals surface area contributed by atoms with Crippen molar-refractivity contribution in [2.24, 2.45) is 11.8 Å². The van der Waals surface area contributed by atoms with Gasteiger partial charge in [0.2, 0.25) is 0 Å². The summed E-state index contributed by atoms with van der Waals surface area (Å²) in [4.78, 5) is 15.2. The average molecular weight is 495 g/mol. The zero-order chi connectivity index (χ0) is 24.9. The Morgan fingerprint density at radius 2 is 1.83 bits per heavy atom. The highest BCUT2D eigenvalue weighted by Crippen LogP contribution is 2.39. The summed E-state index contributed by atoms with van der Waals surface area (Å²) in [6, 6.07) is 12.5. The first-order valence-corrected chi connectivity index (χ1v) is 13.4. The molecule has 0 spiro atoms. The number of halogens is 1. The summed E-state index contributed by atoms with van der Waals surface area (Å²) in [6.45, 7) is 3.93. The molecule has 2 aromatic carbocycles. The Balaban J connectivity index is 0.00000320. The quantitative estimate of drug-likeness (QED) is 0.517. The number of likely N-dealkylation sites (tertiary alicyclic amines) is 1. The van der Waals surface area contributed by atoms with Crippen LogP contribution in [-0.2, 0) is 0 Å². The van der Waals surface area contributed by atoms with Gasteiger partial charge in [0.1, 0.15) is 23.9 Å². The van der Waals surface area contributed by atoms with E-state index >= 15 is 0 Å². The van der Waals surface area contributed by atoms with Crippen LogP contribution in [-0.4, -0.2) is 50.2 Å². The maximum Gasteiger partial charge on any atom is 0.251 e. The molecule has 2 aromatic rings. The predicted octanol–water partition coefficient (Wildman–Crippen LogP) is 5.95. The highest BCUT2D eigenvalue weighted by Gasteiger charge is 2.28. The standard InChI is InChI=1S/C30H37FN2O3.H2/c1-35-26-9-4-23(5-10-26)30(34)32-25-7-2-21(3-8-25)12-16-33-17-13-22(14-18-33)27-15-19-36-29-20-24(31)6-11-28(27)29;/h4-6,9-11,15,20-22,25H,2-3,7-8,12-14,16-19H2,1H3,(H,32,34);1H. The molecule has 0 aromatic heterocycles. The second-order valence-electron chi connectivity index (χ2n) is 10.4. The first-order valence-electron chi connectivity index (χ1n) is 13.4. The van der Waals surface area contributed by atoms with E-state index in [-0.39, 0.29) is 19.2 Å². The summed E-state index contributed by atoms with van der Waals surface area (Å²) in [5.74, 6) is 2.50. The minimum atomic E-state index is -0.238. The minimum Gasteiger partial charge on any atom is -0.497 e. The van der Waals surface area contributed by atoms with Gasteiger partial charge in [-0.25, -0.2) is 4.39 Å². The van der Waals surface area contributed by atoms with Crippen LogP contribution >= 0.6 is 0 Å². The normalized spacial score (nSPS) is 22.8. The number of nitrogens with one attached hydrogen (secondary N) is 1. The van der Waals surface area contributed by atoms with Crippen molar-refractivity contribution >= 4 is 11.5 Å². The lowest BCUT2D eigenvalue weighted by atomic mass is 9.82. The van der Waals surface area contributed by atoms with Crippen LogP contribution in [0.15, 0.2) is 48.5 Å². The summed E-state index contributed by atoms with van der Waals surface area (Å²) >= 11 is 0. The van der Waals surface area contributed by atoms with Crippen molar-refractivity contribution in [3.8, 4) is 11.5 Å². The van der Waals surface area contributed by atoms with Gasteiger partial charge in [-0.3, -0.25) is 4.79 Å². The molecule has 0 atom stereocenters. The maximum absolute atomic E-state index is 13.6. The second kappa shape index (κ2) is 11.5. The van der Waals surface area contributed by atoms with Crippen LogP contribution in [0, 0.1) is 17.7 Å². The van der Waals surface area contributed by atoms with Crippen LogP contribution < -0.4 is 14.8 Å². The molecule has 2 fully saturated rings. The van der Waals surface area contributed by atoms with Gasteiger partial charge in [0.25, 0.3) is 5.91 Å². The van der Waals surface area contributed by atoms with Crippen LogP contribution in [0.5, 0.6) is 11.5 Å². The number of fused-ring (bicyclic) bond motifs is 1. The second-order valence-corrected chi connectivity index (χ2v) is 10.4. The zero-order valence-corrected chi connectivity index (χ0v) is 21.2. The largest absolute Gasteiger partial charge is 0.497 e. The molecule has 5 nitrogen and oxygen atoms in total.